The van der Waals surface area contributed by atoms with E-state index in [0.29, 0.717) is 12.8 Å². The van der Waals surface area contributed by atoms with Gasteiger partial charge >= 0.3 is 11.9 Å². The SMILES string of the molecule is NCCCCCCN.O.O.O=C(O)CCCCC(=O)O. The Balaban J connectivity index is -0.000000119. The highest BCUT2D eigenvalue weighted by atomic mass is 16.4. The van der Waals surface area contributed by atoms with E-state index in [1.54, 1.807) is 0 Å². The van der Waals surface area contributed by atoms with Crippen LogP contribution in [-0.2, 0) is 9.59 Å². The molecule has 0 aromatic heterocycles. The molecule has 0 saturated heterocycles. The van der Waals surface area contributed by atoms with Crippen molar-refractivity contribution in [3.05, 3.63) is 0 Å². The maximum absolute atomic E-state index is 9.90. The highest BCUT2D eigenvalue weighted by molar-refractivity contribution is 5.67. The van der Waals surface area contributed by atoms with Gasteiger partial charge in [0, 0.05) is 12.8 Å². The zero-order chi connectivity index (χ0) is 14.2. The van der Waals surface area contributed by atoms with Crippen LogP contribution in [0.5, 0.6) is 0 Å². The van der Waals surface area contributed by atoms with E-state index >= 15 is 0 Å². The molecule has 8 heteroatoms. The first-order valence-corrected chi connectivity index (χ1v) is 6.38. The Morgan fingerprint density at radius 3 is 1.15 bits per heavy atom. The van der Waals surface area contributed by atoms with E-state index in [9.17, 15) is 9.59 Å². The summed E-state index contributed by atoms with van der Waals surface area (Å²) in [5.74, 6) is -1.74. The fraction of sp³-hybridized carbons (Fsp3) is 0.833. The highest BCUT2D eigenvalue weighted by Crippen LogP contribution is 1.98. The van der Waals surface area contributed by atoms with E-state index in [-0.39, 0.29) is 23.8 Å². The summed E-state index contributed by atoms with van der Waals surface area (Å²) >= 11 is 0. The van der Waals surface area contributed by atoms with Gasteiger partial charge in [0.2, 0.25) is 0 Å². The van der Waals surface area contributed by atoms with E-state index in [0.717, 1.165) is 25.9 Å². The van der Waals surface area contributed by atoms with Gasteiger partial charge in [0.05, 0.1) is 0 Å². The van der Waals surface area contributed by atoms with E-state index in [2.05, 4.69) is 0 Å². The first kappa shape index (κ1) is 27.2. The van der Waals surface area contributed by atoms with Crippen molar-refractivity contribution in [2.75, 3.05) is 13.1 Å². The van der Waals surface area contributed by atoms with E-state index in [1.165, 1.54) is 12.8 Å². The maximum atomic E-state index is 9.90. The van der Waals surface area contributed by atoms with Crippen molar-refractivity contribution in [1.82, 2.24) is 0 Å². The summed E-state index contributed by atoms with van der Waals surface area (Å²) in [5, 5.41) is 16.3. The number of aliphatic carboxylic acids is 2. The van der Waals surface area contributed by atoms with Gasteiger partial charge in [-0.05, 0) is 38.8 Å². The Hall–Kier alpha value is -1.22. The van der Waals surface area contributed by atoms with Gasteiger partial charge in [0.1, 0.15) is 0 Å². The van der Waals surface area contributed by atoms with Crippen molar-refractivity contribution in [3.63, 3.8) is 0 Å². The number of carbonyl (C=O) groups is 2. The zero-order valence-corrected chi connectivity index (χ0v) is 11.9. The number of carboxylic acid groups (broad SMARTS) is 2. The molecule has 0 aliphatic rings. The van der Waals surface area contributed by atoms with Crippen LogP contribution in [0.1, 0.15) is 51.4 Å². The molecule has 0 aliphatic carbocycles. The fourth-order valence-electron chi connectivity index (χ4n) is 1.19. The summed E-state index contributed by atoms with van der Waals surface area (Å²) in [7, 11) is 0. The minimum absolute atomic E-state index is 0. The topological polar surface area (TPSA) is 190 Å². The van der Waals surface area contributed by atoms with Crippen LogP contribution < -0.4 is 11.5 Å². The number of hydrogen-bond acceptors (Lipinski definition) is 4. The summed E-state index contributed by atoms with van der Waals surface area (Å²) in [6.45, 7) is 1.65. The van der Waals surface area contributed by atoms with Crippen molar-refractivity contribution in [2.45, 2.75) is 51.4 Å². The van der Waals surface area contributed by atoms with Crippen molar-refractivity contribution in [1.29, 1.82) is 0 Å². The van der Waals surface area contributed by atoms with Gasteiger partial charge in [-0.1, -0.05) is 12.8 Å². The smallest absolute Gasteiger partial charge is 0.303 e. The molecule has 0 fully saturated rings. The standard InChI is InChI=1S/C6H16N2.C6H10O4.2H2O/c7-5-3-1-2-4-6-8;7-5(8)3-1-2-4-6(9)10;;/h1-8H2;1-4H2,(H,7,8)(H,9,10);2*1H2. The first-order chi connectivity index (χ1) is 8.54. The molecular weight excluding hydrogens is 268 g/mol. The number of nitrogens with two attached hydrogens (primary N) is 2. The normalized spacial score (nSPS) is 8.50. The zero-order valence-electron chi connectivity index (χ0n) is 11.9. The first-order valence-electron chi connectivity index (χ1n) is 6.38. The molecule has 0 atom stereocenters. The fourth-order valence-corrected chi connectivity index (χ4v) is 1.19. The molecule has 0 aromatic carbocycles. The van der Waals surface area contributed by atoms with Crippen molar-refractivity contribution < 1.29 is 30.8 Å². The average Bonchev–Trinajstić information content (AvgIpc) is 2.31. The third kappa shape index (κ3) is 36.0. The molecule has 20 heavy (non-hydrogen) atoms. The Morgan fingerprint density at radius 2 is 0.950 bits per heavy atom. The number of hydrogen-bond donors (Lipinski definition) is 4. The molecule has 124 valence electrons. The van der Waals surface area contributed by atoms with Crippen LogP contribution in [0, 0.1) is 0 Å². The van der Waals surface area contributed by atoms with Crippen LogP contribution in [0.4, 0.5) is 0 Å². The predicted octanol–water partition coefficient (Wildman–Crippen LogP) is -0.469. The van der Waals surface area contributed by atoms with Gasteiger partial charge in [0.25, 0.3) is 0 Å². The van der Waals surface area contributed by atoms with Crippen LogP contribution in [0.3, 0.4) is 0 Å². The molecule has 0 rings (SSSR count). The highest BCUT2D eigenvalue weighted by Gasteiger charge is 1.99. The van der Waals surface area contributed by atoms with Gasteiger partial charge in [-0.25, -0.2) is 0 Å². The van der Waals surface area contributed by atoms with Gasteiger partial charge in [-0.3, -0.25) is 9.59 Å². The van der Waals surface area contributed by atoms with Crippen molar-refractivity contribution >= 4 is 11.9 Å². The van der Waals surface area contributed by atoms with Crippen LogP contribution in [0.15, 0.2) is 0 Å². The lowest BCUT2D eigenvalue weighted by molar-refractivity contribution is -0.139. The number of rotatable bonds is 10. The second-order valence-corrected chi connectivity index (χ2v) is 3.99. The maximum Gasteiger partial charge on any atom is 0.303 e. The molecule has 0 heterocycles. The molecule has 0 spiro atoms. The van der Waals surface area contributed by atoms with E-state index in [1.807, 2.05) is 0 Å². The largest absolute Gasteiger partial charge is 0.481 e. The lowest BCUT2D eigenvalue weighted by Crippen LogP contribution is -2.00. The minimum Gasteiger partial charge on any atom is -0.481 e. The summed E-state index contributed by atoms with van der Waals surface area (Å²) in [6, 6.07) is 0. The van der Waals surface area contributed by atoms with E-state index in [4.69, 9.17) is 21.7 Å². The van der Waals surface area contributed by atoms with E-state index < -0.39 is 11.9 Å². The van der Waals surface area contributed by atoms with Gasteiger partial charge < -0.3 is 32.6 Å². The lowest BCUT2D eigenvalue weighted by atomic mass is 10.2. The Kier molecular flexibility index (Phi) is 31.1. The second-order valence-electron chi connectivity index (χ2n) is 3.99. The van der Waals surface area contributed by atoms with Crippen LogP contribution in [0.25, 0.3) is 0 Å². The molecule has 0 aromatic rings. The lowest BCUT2D eigenvalue weighted by Gasteiger charge is -1.94. The molecule has 8 nitrogen and oxygen atoms in total. The molecule has 0 radical (unpaired) electrons. The molecule has 0 aliphatic heterocycles. The van der Waals surface area contributed by atoms with Gasteiger partial charge in [-0.15, -0.1) is 0 Å². The summed E-state index contributed by atoms with van der Waals surface area (Å²) in [5.41, 5.74) is 10.6. The van der Waals surface area contributed by atoms with Crippen molar-refractivity contribution in [3.8, 4) is 0 Å². The Morgan fingerprint density at radius 1 is 0.650 bits per heavy atom. The van der Waals surface area contributed by atoms with Gasteiger partial charge in [0.15, 0.2) is 0 Å². The number of unbranched alkanes of at least 4 members (excludes halogenated alkanes) is 4. The third-order valence-electron chi connectivity index (χ3n) is 2.19. The monoisotopic (exact) mass is 298 g/mol. The van der Waals surface area contributed by atoms with Crippen molar-refractivity contribution in [2.24, 2.45) is 11.5 Å². The Labute approximate surface area is 119 Å². The third-order valence-corrected chi connectivity index (χ3v) is 2.19. The molecule has 0 saturated carbocycles. The second kappa shape index (κ2) is 22.9. The summed E-state index contributed by atoms with van der Waals surface area (Å²) < 4.78 is 0. The van der Waals surface area contributed by atoms with Crippen LogP contribution in [-0.4, -0.2) is 46.2 Å². The summed E-state index contributed by atoms with van der Waals surface area (Å²) in [4.78, 5) is 19.8. The molecular formula is C12H30N2O6. The average molecular weight is 298 g/mol. The van der Waals surface area contributed by atoms with Crippen LogP contribution in [0.2, 0.25) is 0 Å². The predicted molar refractivity (Wildman–Crippen MR) is 77.5 cm³/mol. The molecule has 0 amide bonds. The van der Waals surface area contributed by atoms with Crippen LogP contribution >= 0.6 is 0 Å². The quantitative estimate of drug-likeness (QED) is 0.394. The molecule has 10 N–H and O–H groups in total. The molecule has 0 unspecified atom stereocenters. The Bertz CT molecular complexity index is 192. The minimum atomic E-state index is -0.870. The molecule has 0 bridgehead atoms. The summed E-state index contributed by atoms with van der Waals surface area (Å²) in [6.07, 6.45) is 5.81. The number of carboxylic acids is 2. The van der Waals surface area contributed by atoms with Gasteiger partial charge in [-0.2, -0.15) is 0 Å².